The summed E-state index contributed by atoms with van der Waals surface area (Å²) in [6, 6.07) is 10.5. The number of carbonyl (C=O) groups excluding carboxylic acids is 1. The monoisotopic (exact) mass is 385 g/mol. The first kappa shape index (κ1) is 20.1. The topological polar surface area (TPSA) is 38.3 Å². The van der Waals surface area contributed by atoms with Crippen LogP contribution in [0.2, 0.25) is 5.02 Å². The molecule has 0 bridgehead atoms. The van der Waals surface area contributed by atoms with Crippen molar-refractivity contribution >= 4 is 23.2 Å². The molecule has 0 saturated heterocycles. The first-order valence-corrected chi connectivity index (χ1v) is 8.40. The zero-order valence-electron chi connectivity index (χ0n) is 14.5. The molecule has 140 valence electrons. The van der Waals surface area contributed by atoms with E-state index in [-0.39, 0.29) is 11.6 Å². The van der Waals surface area contributed by atoms with E-state index in [9.17, 15) is 18.0 Å². The van der Waals surface area contributed by atoms with Crippen molar-refractivity contribution in [3.63, 3.8) is 0 Å². The first-order chi connectivity index (χ1) is 12.1. The minimum Gasteiger partial charge on any atom is -0.481 e. The number of carbonyl (C=O) groups is 1. The Morgan fingerprint density at radius 1 is 1.12 bits per heavy atom. The number of rotatable bonds is 5. The van der Waals surface area contributed by atoms with Gasteiger partial charge < -0.3 is 10.1 Å². The fraction of sp³-hybridized carbons (Fsp3) is 0.316. The van der Waals surface area contributed by atoms with Crippen LogP contribution in [-0.4, -0.2) is 12.0 Å². The number of anilines is 1. The van der Waals surface area contributed by atoms with E-state index in [0.717, 1.165) is 17.7 Å². The van der Waals surface area contributed by atoms with Gasteiger partial charge in [-0.3, -0.25) is 4.79 Å². The number of ether oxygens (including phenoxy) is 1. The molecule has 1 amide bonds. The summed E-state index contributed by atoms with van der Waals surface area (Å²) in [5, 5.41) is 2.00. The van der Waals surface area contributed by atoms with Crippen molar-refractivity contribution < 1.29 is 22.7 Å². The van der Waals surface area contributed by atoms with Gasteiger partial charge in [0.1, 0.15) is 5.75 Å². The quantitative estimate of drug-likeness (QED) is 0.697. The van der Waals surface area contributed by atoms with Crippen LogP contribution in [0, 0.1) is 0 Å². The van der Waals surface area contributed by atoms with Crippen LogP contribution in [-0.2, 0) is 11.0 Å². The maximum atomic E-state index is 12.9. The zero-order valence-corrected chi connectivity index (χ0v) is 15.3. The molecule has 1 atom stereocenters. The highest BCUT2D eigenvalue weighted by atomic mass is 35.5. The molecule has 2 aromatic rings. The smallest absolute Gasteiger partial charge is 0.417 e. The number of hydrogen-bond acceptors (Lipinski definition) is 2. The van der Waals surface area contributed by atoms with Gasteiger partial charge in [0, 0.05) is 5.69 Å². The maximum absolute atomic E-state index is 12.9. The van der Waals surface area contributed by atoms with Gasteiger partial charge in [-0.15, -0.1) is 0 Å². The third-order valence-corrected chi connectivity index (χ3v) is 4.08. The van der Waals surface area contributed by atoms with E-state index in [1.54, 1.807) is 12.1 Å². The molecule has 0 heterocycles. The summed E-state index contributed by atoms with van der Waals surface area (Å²) in [7, 11) is 0. The van der Waals surface area contributed by atoms with Crippen LogP contribution in [0.3, 0.4) is 0 Å². The summed E-state index contributed by atoms with van der Waals surface area (Å²) in [6.45, 7) is 5.53. The summed E-state index contributed by atoms with van der Waals surface area (Å²) in [4.78, 5) is 12.3. The predicted molar refractivity (Wildman–Crippen MR) is 95.7 cm³/mol. The van der Waals surface area contributed by atoms with Gasteiger partial charge in [-0.2, -0.15) is 13.2 Å². The summed E-state index contributed by atoms with van der Waals surface area (Å²) in [5.74, 6) is 0.211. The van der Waals surface area contributed by atoms with Crippen molar-refractivity contribution in [2.45, 2.75) is 39.0 Å². The lowest BCUT2D eigenvalue weighted by Crippen LogP contribution is -2.30. The Labute approximate surface area is 155 Å². The molecule has 26 heavy (non-hydrogen) atoms. The van der Waals surface area contributed by atoms with Gasteiger partial charge in [-0.25, -0.2) is 0 Å². The van der Waals surface area contributed by atoms with Crippen molar-refractivity contribution in [2.75, 3.05) is 5.32 Å². The first-order valence-electron chi connectivity index (χ1n) is 8.02. The van der Waals surface area contributed by atoms with Crippen LogP contribution >= 0.6 is 11.6 Å². The molecule has 7 heteroatoms. The molecule has 0 aromatic heterocycles. The zero-order chi connectivity index (χ0) is 19.5. The number of hydrogen-bond donors (Lipinski definition) is 1. The van der Waals surface area contributed by atoms with E-state index in [4.69, 9.17) is 16.3 Å². The van der Waals surface area contributed by atoms with Crippen LogP contribution in [0.15, 0.2) is 42.5 Å². The van der Waals surface area contributed by atoms with Crippen molar-refractivity contribution in [3.05, 3.63) is 58.6 Å². The van der Waals surface area contributed by atoms with Gasteiger partial charge >= 0.3 is 6.18 Å². The molecule has 0 aliphatic rings. The molecule has 3 nitrogen and oxygen atoms in total. The molecule has 0 unspecified atom stereocenters. The Bertz CT molecular complexity index is 791. The van der Waals surface area contributed by atoms with Crippen molar-refractivity contribution in [1.82, 2.24) is 0 Å². The third kappa shape index (κ3) is 4.91. The van der Waals surface area contributed by atoms with E-state index in [1.807, 2.05) is 26.0 Å². The molecule has 2 rings (SSSR count). The summed E-state index contributed by atoms with van der Waals surface area (Å²) in [5.41, 5.74) is -0.0620. The maximum Gasteiger partial charge on any atom is 0.417 e. The lowest BCUT2D eigenvalue weighted by Gasteiger charge is -2.19. The Morgan fingerprint density at radius 3 is 2.38 bits per heavy atom. The minimum atomic E-state index is -4.60. The molecule has 0 aliphatic heterocycles. The lowest BCUT2D eigenvalue weighted by atomic mass is 10.0. The van der Waals surface area contributed by atoms with Crippen LogP contribution in [0.25, 0.3) is 0 Å². The number of nitrogens with one attached hydrogen (secondary N) is 1. The number of benzene rings is 2. The number of halogens is 4. The second kappa shape index (κ2) is 7.99. The summed E-state index contributed by atoms with van der Waals surface area (Å²) >= 11 is 5.58. The van der Waals surface area contributed by atoms with Gasteiger partial charge in [-0.1, -0.05) is 43.6 Å². The van der Waals surface area contributed by atoms with E-state index in [1.165, 1.54) is 13.0 Å². The van der Waals surface area contributed by atoms with E-state index >= 15 is 0 Å². The van der Waals surface area contributed by atoms with Gasteiger partial charge in [0.2, 0.25) is 0 Å². The van der Waals surface area contributed by atoms with Crippen LogP contribution < -0.4 is 10.1 Å². The van der Waals surface area contributed by atoms with E-state index in [2.05, 4.69) is 5.32 Å². The van der Waals surface area contributed by atoms with Gasteiger partial charge in [0.25, 0.3) is 5.91 Å². The van der Waals surface area contributed by atoms with Crippen molar-refractivity contribution in [3.8, 4) is 5.75 Å². The number of amides is 1. The fourth-order valence-electron chi connectivity index (χ4n) is 2.37. The largest absolute Gasteiger partial charge is 0.481 e. The second-order valence-corrected chi connectivity index (χ2v) is 6.54. The normalized spacial score (nSPS) is 12.8. The Kier molecular flexibility index (Phi) is 6.18. The average molecular weight is 386 g/mol. The van der Waals surface area contributed by atoms with Crippen LogP contribution in [0.1, 0.15) is 37.8 Å². The Morgan fingerprint density at radius 2 is 1.77 bits per heavy atom. The van der Waals surface area contributed by atoms with Crippen molar-refractivity contribution in [1.29, 1.82) is 0 Å². The third-order valence-electron chi connectivity index (χ3n) is 3.75. The molecule has 0 saturated carbocycles. The molecular weight excluding hydrogens is 367 g/mol. The Hall–Kier alpha value is -2.21. The molecular formula is C19H19ClF3NO2. The molecule has 0 radical (unpaired) electrons. The number of alkyl halides is 3. The summed E-state index contributed by atoms with van der Waals surface area (Å²) in [6.07, 6.45) is -5.49. The minimum absolute atomic E-state index is 0.000630. The van der Waals surface area contributed by atoms with Gasteiger partial charge in [0.05, 0.1) is 10.6 Å². The molecule has 0 fully saturated rings. The molecule has 1 N–H and O–H groups in total. The van der Waals surface area contributed by atoms with E-state index in [0.29, 0.717) is 5.75 Å². The Balaban J connectivity index is 2.13. The SMILES string of the molecule is CC(C)c1ccccc1O[C@H](C)C(=O)Nc1ccc(Cl)c(C(F)(F)F)c1. The summed E-state index contributed by atoms with van der Waals surface area (Å²) < 4.78 is 44.4. The average Bonchev–Trinajstić information content (AvgIpc) is 2.55. The standard InChI is InChI=1S/C19H19ClF3NO2/c1-11(2)14-6-4-5-7-17(14)26-12(3)18(25)24-13-8-9-16(20)15(10-13)19(21,22)23/h4-12H,1-3H3,(H,24,25)/t12-/m1/s1. The highest BCUT2D eigenvalue weighted by molar-refractivity contribution is 6.31. The second-order valence-electron chi connectivity index (χ2n) is 6.13. The van der Waals surface area contributed by atoms with Crippen molar-refractivity contribution in [2.24, 2.45) is 0 Å². The predicted octanol–water partition coefficient (Wildman–Crippen LogP) is 5.89. The van der Waals surface area contributed by atoms with Crippen LogP contribution in [0.5, 0.6) is 5.75 Å². The number of para-hydroxylation sites is 1. The van der Waals surface area contributed by atoms with Gasteiger partial charge in [0.15, 0.2) is 6.10 Å². The lowest BCUT2D eigenvalue weighted by molar-refractivity contribution is -0.137. The molecule has 0 spiro atoms. The highest BCUT2D eigenvalue weighted by Crippen LogP contribution is 2.36. The van der Waals surface area contributed by atoms with E-state index < -0.39 is 28.8 Å². The van der Waals surface area contributed by atoms with Crippen LogP contribution in [0.4, 0.5) is 18.9 Å². The fourth-order valence-corrected chi connectivity index (χ4v) is 2.60. The molecule has 0 aliphatic carbocycles. The highest BCUT2D eigenvalue weighted by Gasteiger charge is 2.33. The molecule has 2 aromatic carbocycles. The van der Waals surface area contributed by atoms with Gasteiger partial charge in [-0.05, 0) is 42.7 Å².